The van der Waals surface area contributed by atoms with Crippen molar-refractivity contribution in [2.45, 2.75) is 37.9 Å². The lowest BCUT2D eigenvalue weighted by Gasteiger charge is -2.41. The van der Waals surface area contributed by atoms with Crippen LogP contribution in [-0.2, 0) is 33.8 Å². The van der Waals surface area contributed by atoms with Gasteiger partial charge >= 0.3 is 0 Å². The fraction of sp³-hybridized carbons (Fsp3) is 0.333. The third-order valence-electron chi connectivity index (χ3n) is 5.82. The fourth-order valence-electron chi connectivity index (χ4n) is 4.17. The Balaban J connectivity index is 1.45. The first-order chi connectivity index (χ1) is 15.3. The van der Waals surface area contributed by atoms with Crippen LogP contribution in [0, 0.1) is 5.92 Å². The third-order valence-corrected chi connectivity index (χ3v) is 5.82. The average molecular weight is 418 g/mol. The van der Waals surface area contributed by atoms with Crippen molar-refractivity contribution in [3.63, 3.8) is 0 Å². The van der Waals surface area contributed by atoms with Crippen molar-refractivity contribution in [1.82, 2.24) is 0 Å². The molecule has 162 valence electrons. The summed E-state index contributed by atoms with van der Waals surface area (Å²) < 4.78 is 18.6. The molecule has 0 aromatic heterocycles. The maximum absolute atomic E-state index is 6.48. The average Bonchev–Trinajstić information content (AvgIpc) is 2.82. The maximum Gasteiger partial charge on any atom is 0.0866 e. The van der Waals surface area contributed by atoms with Gasteiger partial charge in [-0.25, -0.2) is 0 Å². The lowest BCUT2D eigenvalue weighted by Crippen LogP contribution is -2.56. The van der Waals surface area contributed by atoms with E-state index in [0.717, 1.165) is 17.5 Å². The Labute approximate surface area is 185 Å². The summed E-state index contributed by atoms with van der Waals surface area (Å²) in [4.78, 5) is 0. The molecule has 3 aromatic carbocycles. The van der Waals surface area contributed by atoms with Crippen LogP contribution in [0.3, 0.4) is 0 Å². The molecule has 1 aliphatic heterocycles. The van der Waals surface area contributed by atoms with Gasteiger partial charge in [0.1, 0.15) is 0 Å². The van der Waals surface area contributed by atoms with Crippen molar-refractivity contribution in [2.24, 2.45) is 11.7 Å². The predicted molar refractivity (Wildman–Crippen MR) is 122 cm³/mol. The van der Waals surface area contributed by atoms with E-state index in [1.165, 1.54) is 5.56 Å². The summed E-state index contributed by atoms with van der Waals surface area (Å²) in [6, 6.07) is 30.8. The Bertz CT molecular complexity index is 888. The van der Waals surface area contributed by atoms with Crippen LogP contribution in [0.5, 0.6) is 0 Å². The highest BCUT2D eigenvalue weighted by atomic mass is 16.5. The first-order valence-electron chi connectivity index (χ1n) is 11.0. The highest BCUT2D eigenvalue weighted by Crippen LogP contribution is 2.29. The molecule has 4 nitrogen and oxygen atoms in total. The van der Waals surface area contributed by atoms with Crippen LogP contribution in [0.1, 0.15) is 16.7 Å². The second-order valence-corrected chi connectivity index (χ2v) is 8.15. The molecule has 1 saturated heterocycles. The van der Waals surface area contributed by atoms with E-state index in [9.17, 15) is 0 Å². The van der Waals surface area contributed by atoms with E-state index in [1.807, 2.05) is 42.5 Å². The Hall–Kier alpha value is -2.50. The molecule has 1 fully saturated rings. The molecule has 0 bridgehead atoms. The predicted octanol–water partition coefficient (Wildman–Crippen LogP) is 4.37. The summed E-state index contributed by atoms with van der Waals surface area (Å²) in [5, 5.41) is 0. The minimum absolute atomic E-state index is 0.0653. The van der Waals surface area contributed by atoms with E-state index in [0.29, 0.717) is 26.4 Å². The van der Waals surface area contributed by atoms with E-state index < -0.39 is 0 Å². The molecule has 4 rings (SSSR count). The maximum atomic E-state index is 6.48. The molecule has 4 unspecified atom stereocenters. The topological polar surface area (TPSA) is 53.7 Å². The largest absolute Gasteiger partial charge is 0.374 e. The van der Waals surface area contributed by atoms with Crippen LogP contribution < -0.4 is 5.73 Å². The highest BCUT2D eigenvalue weighted by Gasteiger charge is 2.39. The van der Waals surface area contributed by atoms with Gasteiger partial charge in [-0.2, -0.15) is 0 Å². The minimum Gasteiger partial charge on any atom is -0.374 e. The molecule has 0 aliphatic carbocycles. The number of hydrogen-bond donors (Lipinski definition) is 1. The number of hydrogen-bond acceptors (Lipinski definition) is 4. The van der Waals surface area contributed by atoms with Gasteiger partial charge in [0.15, 0.2) is 0 Å². The fourth-order valence-corrected chi connectivity index (χ4v) is 4.17. The van der Waals surface area contributed by atoms with E-state index in [-0.39, 0.29) is 24.2 Å². The van der Waals surface area contributed by atoms with Gasteiger partial charge < -0.3 is 19.9 Å². The first kappa shape index (κ1) is 21.7. The second kappa shape index (κ2) is 11.2. The normalized spacial score (nSPS) is 23.5. The summed E-state index contributed by atoms with van der Waals surface area (Å²) in [7, 11) is 0. The van der Waals surface area contributed by atoms with E-state index in [4.69, 9.17) is 19.9 Å². The quantitative estimate of drug-likeness (QED) is 0.562. The zero-order valence-electron chi connectivity index (χ0n) is 17.8. The van der Waals surface area contributed by atoms with Crippen LogP contribution in [0.4, 0.5) is 0 Å². The molecule has 0 saturated carbocycles. The molecule has 3 aromatic rings. The monoisotopic (exact) mass is 417 g/mol. The summed E-state index contributed by atoms with van der Waals surface area (Å²) in [5.41, 5.74) is 10.0. The lowest BCUT2D eigenvalue weighted by atomic mass is 9.84. The second-order valence-electron chi connectivity index (χ2n) is 8.15. The van der Waals surface area contributed by atoms with Crippen molar-refractivity contribution in [1.29, 1.82) is 0 Å². The van der Waals surface area contributed by atoms with Gasteiger partial charge in [-0.3, -0.25) is 0 Å². The van der Waals surface area contributed by atoms with Crippen LogP contribution in [-0.4, -0.2) is 31.5 Å². The van der Waals surface area contributed by atoms with Crippen molar-refractivity contribution >= 4 is 0 Å². The summed E-state index contributed by atoms with van der Waals surface area (Å²) in [5.74, 6) is 0.116. The minimum atomic E-state index is -0.164. The van der Waals surface area contributed by atoms with Crippen molar-refractivity contribution < 1.29 is 14.2 Å². The lowest BCUT2D eigenvalue weighted by molar-refractivity contribution is -0.152. The number of ether oxygens (including phenoxy) is 3. The van der Waals surface area contributed by atoms with Gasteiger partial charge in [0.05, 0.1) is 44.7 Å². The Morgan fingerprint density at radius 2 is 1.29 bits per heavy atom. The molecule has 31 heavy (non-hydrogen) atoms. The third kappa shape index (κ3) is 6.25. The number of benzene rings is 3. The number of rotatable bonds is 9. The molecule has 1 heterocycles. The summed E-state index contributed by atoms with van der Waals surface area (Å²) in [6.45, 7) is 2.11. The molecule has 4 atom stereocenters. The zero-order valence-corrected chi connectivity index (χ0v) is 17.8. The van der Waals surface area contributed by atoms with Crippen molar-refractivity contribution in [3.8, 4) is 0 Å². The van der Waals surface area contributed by atoms with Gasteiger partial charge in [0.25, 0.3) is 0 Å². The smallest absolute Gasteiger partial charge is 0.0866 e. The van der Waals surface area contributed by atoms with Gasteiger partial charge in [0, 0.05) is 5.92 Å². The van der Waals surface area contributed by atoms with E-state index >= 15 is 0 Å². The SMILES string of the molecule is NC1COC(COCc2ccccc2)C(Cc2ccccc2)C1OCc1ccccc1. The molecule has 0 spiro atoms. The van der Waals surface area contributed by atoms with E-state index in [2.05, 4.69) is 48.5 Å². The molecule has 0 radical (unpaired) electrons. The Morgan fingerprint density at radius 1 is 0.742 bits per heavy atom. The van der Waals surface area contributed by atoms with Crippen LogP contribution in [0.25, 0.3) is 0 Å². The Kier molecular flexibility index (Phi) is 7.86. The molecule has 1 aliphatic rings. The Morgan fingerprint density at radius 3 is 1.90 bits per heavy atom. The zero-order chi connectivity index (χ0) is 21.3. The van der Waals surface area contributed by atoms with Crippen LogP contribution in [0.15, 0.2) is 91.0 Å². The summed E-state index contributed by atoms with van der Waals surface area (Å²) in [6.07, 6.45) is 0.678. The molecule has 2 N–H and O–H groups in total. The standard InChI is InChI=1S/C27H31NO3/c28-25-19-30-26(20-29-17-22-12-6-2-7-13-22)24(16-21-10-4-1-5-11-21)27(25)31-18-23-14-8-3-9-15-23/h1-15,24-27H,16-20,28H2. The first-order valence-corrected chi connectivity index (χ1v) is 11.0. The van der Waals surface area contributed by atoms with Crippen molar-refractivity contribution in [2.75, 3.05) is 13.2 Å². The highest BCUT2D eigenvalue weighted by molar-refractivity contribution is 5.17. The molecule has 0 amide bonds. The van der Waals surface area contributed by atoms with Gasteiger partial charge in [-0.1, -0.05) is 91.0 Å². The van der Waals surface area contributed by atoms with E-state index in [1.54, 1.807) is 0 Å². The van der Waals surface area contributed by atoms with Gasteiger partial charge in [-0.15, -0.1) is 0 Å². The molecule has 4 heteroatoms. The van der Waals surface area contributed by atoms with Crippen LogP contribution in [0.2, 0.25) is 0 Å². The van der Waals surface area contributed by atoms with Gasteiger partial charge in [0.2, 0.25) is 0 Å². The van der Waals surface area contributed by atoms with Crippen molar-refractivity contribution in [3.05, 3.63) is 108 Å². The van der Waals surface area contributed by atoms with Crippen LogP contribution >= 0.6 is 0 Å². The molecular formula is C27H31NO3. The number of nitrogens with two attached hydrogens (primary N) is 1. The van der Waals surface area contributed by atoms with Gasteiger partial charge in [-0.05, 0) is 23.1 Å². The molecular weight excluding hydrogens is 386 g/mol. The summed E-state index contributed by atoms with van der Waals surface area (Å²) >= 11 is 0.